The van der Waals surface area contributed by atoms with E-state index in [1.54, 1.807) is 13.0 Å². The van der Waals surface area contributed by atoms with Crippen molar-refractivity contribution in [3.05, 3.63) is 75.6 Å². The maximum atomic E-state index is 12.4. The van der Waals surface area contributed by atoms with Crippen molar-refractivity contribution in [2.24, 2.45) is 0 Å². The smallest absolute Gasteiger partial charge is 0.387 e. The van der Waals surface area contributed by atoms with Crippen LogP contribution in [0.25, 0.3) is 0 Å². The molecule has 1 aromatic heterocycles. The van der Waals surface area contributed by atoms with Crippen molar-refractivity contribution in [2.75, 3.05) is 17.2 Å². The van der Waals surface area contributed by atoms with Gasteiger partial charge in [-0.3, -0.25) is 0 Å². The number of carbonyl (C=O) groups excluding carboxylic acids is 1. The van der Waals surface area contributed by atoms with Gasteiger partial charge in [0.2, 0.25) is 0 Å². The third kappa shape index (κ3) is 6.62. The van der Waals surface area contributed by atoms with Crippen molar-refractivity contribution in [2.45, 2.75) is 20.0 Å². The molecule has 0 unspecified atom stereocenters. The highest BCUT2D eigenvalue weighted by atomic mass is 35.5. The number of thiocarbonyl (C=S) groups is 1. The lowest BCUT2D eigenvalue weighted by molar-refractivity contribution is -0.0497. The third-order valence-electron chi connectivity index (χ3n) is 4.13. The fourth-order valence-electron chi connectivity index (χ4n) is 2.82. The van der Waals surface area contributed by atoms with E-state index in [1.807, 2.05) is 30.3 Å². The topological polar surface area (TPSA) is 59.6 Å². The number of rotatable bonds is 8. The molecule has 0 aliphatic rings. The molecule has 3 aromatic rings. The summed E-state index contributed by atoms with van der Waals surface area (Å²) in [6, 6.07) is 15.9. The molecule has 0 saturated heterocycles. The minimum atomic E-state index is -2.97. The highest BCUT2D eigenvalue weighted by molar-refractivity contribution is 7.80. The number of benzene rings is 2. The van der Waals surface area contributed by atoms with Crippen LogP contribution in [-0.4, -0.2) is 24.3 Å². The molecule has 10 heteroatoms. The van der Waals surface area contributed by atoms with Gasteiger partial charge in [0, 0.05) is 17.0 Å². The molecule has 0 fully saturated rings. The van der Waals surface area contributed by atoms with Gasteiger partial charge in [0.15, 0.2) is 5.11 Å². The van der Waals surface area contributed by atoms with Gasteiger partial charge in [0.1, 0.15) is 10.8 Å². The highest BCUT2D eigenvalue weighted by Gasteiger charge is 2.19. The van der Waals surface area contributed by atoms with Crippen molar-refractivity contribution in [3.63, 3.8) is 0 Å². The molecule has 168 valence electrons. The van der Waals surface area contributed by atoms with Gasteiger partial charge in [-0.2, -0.15) is 8.78 Å². The number of carbonyl (C=O) groups is 1. The number of thiophene rings is 1. The molecule has 0 aliphatic carbocycles. The lowest BCUT2D eigenvalue weighted by Gasteiger charge is -2.12. The standard InChI is InChI=1S/C22H19ClF2N2O3S2/c1-2-29-20(28)16-12-15(10-13-6-4-3-5-7-13)32-19(16)27-22(31)26-14-8-9-18(17(23)11-14)30-21(24)25/h3-9,11-12,21H,2,10H2,1H3,(H2,26,27,31). The minimum Gasteiger partial charge on any atom is -0.462 e. The summed E-state index contributed by atoms with van der Waals surface area (Å²) in [6.07, 6.45) is 0.654. The molecule has 0 radical (unpaired) electrons. The fraction of sp³-hybridized carbons (Fsp3) is 0.182. The predicted octanol–water partition coefficient (Wildman–Crippen LogP) is 6.58. The normalized spacial score (nSPS) is 10.7. The lowest BCUT2D eigenvalue weighted by atomic mass is 10.1. The first-order chi connectivity index (χ1) is 15.4. The van der Waals surface area contributed by atoms with E-state index in [0.717, 1.165) is 10.4 Å². The molecule has 0 spiro atoms. The van der Waals surface area contributed by atoms with Crippen LogP contribution in [-0.2, 0) is 11.2 Å². The van der Waals surface area contributed by atoms with E-state index < -0.39 is 12.6 Å². The van der Waals surface area contributed by atoms with Crippen LogP contribution in [0.1, 0.15) is 27.7 Å². The summed E-state index contributed by atoms with van der Waals surface area (Å²) in [5.74, 6) is -0.593. The largest absolute Gasteiger partial charge is 0.462 e. The van der Waals surface area contributed by atoms with Gasteiger partial charge in [-0.25, -0.2) is 4.79 Å². The summed E-state index contributed by atoms with van der Waals surface area (Å²) in [5.41, 5.74) is 1.95. The molecule has 2 aromatic carbocycles. The summed E-state index contributed by atoms with van der Waals surface area (Å²) < 4.78 is 34.3. The van der Waals surface area contributed by atoms with E-state index in [4.69, 9.17) is 28.6 Å². The second kappa shape index (κ2) is 11.2. The number of hydrogen-bond donors (Lipinski definition) is 2. The zero-order chi connectivity index (χ0) is 23.1. The molecule has 5 nitrogen and oxygen atoms in total. The van der Waals surface area contributed by atoms with E-state index in [-0.39, 0.29) is 22.5 Å². The van der Waals surface area contributed by atoms with Crippen LogP contribution >= 0.6 is 35.2 Å². The quantitative estimate of drug-likeness (QED) is 0.271. The number of nitrogens with one attached hydrogen (secondary N) is 2. The van der Waals surface area contributed by atoms with Gasteiger partial charge in [-0.1, -0.05) is 41.9 Å². The zero-order valence-electron chi connectivity index (χ0n) is 16.9. The van der Waals surface area contributed by atoms with Crippen molar-refractivity contribution in [3.8, 4) is 5.75 Å². The third-order valence-corrected chi connectivity index (χ3v) is 5.68. The van der Waals surface area contributed by atoms with E-state index in [9.17, 15) is 13.6 Å². The molecule has 3 rings (SSSR count). The molecule has 32 heavy (non-hydrogen) atoms. The molecule has 0 aliphatic heterocycles. The SMILES string of the molecule is CCOC(=O)c1cc(Cc2ccccc2)sc1NC(=S)Nc1ccc(OC(F)F)c(Cl)c1. The van der Waals surface area contributed by atoms with Crippen molar-refractivity contribution in [1.82, 2.24) is 0 Å². The Morgan fingerprint density at radius 2 is 1.91 bits per heavy atom. The predicted molar refractivity (Wildman–Crippen MR) is 127 cm³/mol. The van der Waals surface area contributed by atoms with E-state index in [1.165, 1.54) is 29.5 Å². The van der Waals surface area contributed by atoms with E-state index in [0.29, 0.717) is 22.7 Å². The van der Waals surface area contributed by atoms with Gasteiger partial charge in [0.25, 0.3) is 0 Å². The minimum absolute atomic E-state index is 0.00610. The molecule has 0 amide bonds. The molecule has 0 bridgehead atoms. The van der Waals surface area contributed by atoms with Crippen LogP contribution in [0.4, 0.5) is 19.5 Å². The highest BCUT2D eigenvalue weighted by Crippen LogP contribution is 2.32. The Labute approximate surface area is 198 Å². The molecule has 0 saturated carbocycles. The second-order valence-electron chi connectivity index (χ2n) is 6.44. The fourth-order valence-corrected chi connectivity index (χ4v) is 4.41. The average Bonchev–Trinajstić information content (AvgIpc) is 3.12. The molecule has 1 heterocycles. The van der Waals surface area contributed by atoms with Crippen LogP contribution in [0.15, 0.2) is 54.6 Å². The molecular formula is C22H19ClF2N2O3S2. The van der Waals surface area contributed by atoms with Gasteiger partial charge in [-0.15, -0.1) is 11.3 Å². The van der Waals surface area contributed by atoms with Crippen LogP contribution in [0.3, 0.4) is 0 Å². The van der Waals surface area contributed by atoms with Gasteiger partial charge in [-0.05, 0) is 49.0 Å². The Morgan fingerprint density at radius 1 is 1.16 bits per heavy atom. The summed E-state index contributed by atoms with van der Waals surface area (Å²) >= 11 is 12.7. The van der Waals surface area contributed by atoms with Crippen LogP contribution in [0.5, 0.6) is 5.75 Å². The number of esters is 1. The van der Waals surface area contributed by atoms with Crippen molar-refractivity contribution >= 4 is 56.9 Å². The van der Waals surface area contributed by atoms with Gasteiger partial charge < -0.3 is 20.1 Å². The Hall–Kier alpha value is -2.75. The number of anilines is 2. The Bertz CT molecular complexity index is 1090. The van der Waals surface area contributed by atoms with Gasteiger partial charge in [0.05, 0.1) is 17.2 Å². The summed E-state index contributed by atoms with van der Waals surface area (Å²) in [7, 11) is 0. The first-order valence-corrected chi connectivity index (χ1v) is 11.1. The average molecular weight is 497 g/mol. The van der Waals surface area contributed by atoms with Crippen LogP contribution < -0.4 is 15.4 Å². The zero-order valence-corrected chi connectivity index (χ0v) is 19.3. The maximum Gasteiger partial charge on any atom is 0.387 e. The van der Waals surface area contributed by atoms with Gasteiger partial charge >= 0.3 is 12.6 Å². The molecule has 0 atom stereocenters. The summed E-state index contributed by atoms with van der Waals surface area (Å²) in [4.78, 5) is 13.4. The number of alkyl halides is 2. The lowest BCUT2D eigenvalue weighted by Crippen LogP contribution is -2.20. The van der Waals surface area contributed by atoms with Crippen molar-refractivity contribution in [1.29, 1.82) is 0 Å². The first kappa shape index (κ1) is 23.9. The van der Waals surface area contributed by atoms with Crippen LogP contribution in [0, 0.1) is 0 Å². The van der Waals surface area contributed by atoms with Crippen molar-refractivity contribution < 1.29 is 23.0 Å². The number of halogens is 3. The van der Waals surface area contributed by atoms with E-state index >= 15 is 0 Å². The number of ether oxygens (including phenoxy) is 2. The van der Waals surface area contributed by atoms with E-state index in [2.05, 4.69) is 15.4 Å². The maximum absolute atomic E-state index is 12.4. The Balaban J connectivity index is 1.75. The second-order valence-corrected chi connectivity index (χ2v) is 8.39. The Kier molecular flexibility index (Phi) is 8.38. The monoisotopic (exact) mass is 496 g/mol. The summed E-state index contributed by atoms with van der Waals surface area (Å²) in [6.45, 7) is -0.991. The van der Waals surface area contributed by atoms with Crippen LogP contribution in [0.2, 0.25) is 5.02 Å². The number of hydrogen-bond acceptors (Lipinski definition) is 5. The Morgan fingerprint density at radius 3 is 2.56 bits per heavy atom. The summed E-state index contributed by atoms with van der Waals surface area (Å²) in [5, 5.41) is 6.67. The first-order valence-electron chi connectivity index (χ1n) is 9.51. The molecule has 2 N–H and O–H groups in total. The molecular weight excluding hydrogens is 478 g/mol.